The Hall–Kier alpha value is -2.12. The summed E-state index contributed by atoms with van der Waals surface area (Å²) >= 11 is 0. The molecule has 0 unspecified atom stereocenters. The van der Waals surface area contributed by atoms with Crippen LogP contribution in [0.15, 0.2) is 30.3 Å². The molecule has 0 bridgehead atoms. The third kappa shape index (κ3) is 5.80. The summed E-state index contributed by atoms with van der Waals surface area (Å²) < 4.78 is 4.52. The molecule has 0 aliphatic rings. The number of esters is 1. The summed E-state index contributed by atoms with van der Waals surface area (Å²) in [7, 11) is 1.20. The molecule has 0 heterocycles. The Morgan fingerprint density at radius 2 is 1.86 bits per heavy atom. The van der Waals surface area contributed by atoms with Gasteiger partial charge in [0.15, 0.2) is 0 Å². The lowest BCUT2D eigenvalue weighted by molar-refractivity contribution is -0.140. The van der Waals surface area contributed by atoms with Gasteiger partial charge < -0.3 is 15.6 Å². The van der Waals surface area contributed by atoms with Crippen molar-refractivity contribution in [2.24, 2.45) is 5.73 Å². The van der Waals surface area contributed by atoms with Crippen molar-refractivity contribution in [2.45, 2.75) is 12.5 Å². The topological polar surface area (TPSA) is 110 Å². The minimum absolute atomic E-state index is 0. The predicted molar refractivity (Wildman–Crippen MR) is 78.3 cm³/mol. The fourth-order valence-electron chi connectivity index (χ4n) is 1.57. The van der Waals surface area contributed by atoms with Crippen LogP contribution in [0, 0.1) is 0 Å². The number of benzene rings is 1. The maximum Gasteiger partial charge on any atom is 0.325 e. The minimum Gasteiger partial charge on any atom is -0.481 e. The van der Waals surface area contributed by atoms with E-state index in [1.807, 2.05) is 0 Å². The third-order valence-corrected chi connectivity index (χ3v) is 2.56. The monoisotopic (exact) mass is 316 g/mol. The first-order valence-corrected chi connectivity index (χ1v) is 5.86. The quantitative estimate of drug-likeness (QED) is 0.736. The number of anilines is 1. The van der Waals surface area contributed by atoms with Crippen molar-refractivity contribution in [1.82, 2.24) is 0 Å². The van der Waals surface area contributed by atoms with Gasteiger partial charge in [0.05, 0.1) is 19.6 Å². The maximum absolute atomic E-state index is 12.2. The molecule has 0 aliphatic heterocycles. The molecule has 1 amide bonds. The van der Waals surface area contributed by atoms with Gasteiger partial charge in [0, 0.05) is 5.69 Å². The molecular formula is C13H17ClN2O5. The Morgan fingerprint density at radius 3 is 2.33 bits per heavy atom. The highest BCUT2D eigenvalue weighted by Crippen LogP contribution is 2.15. The molecular weight excluding hydrogens is 300 g/mol. The molecule has 8 heteroatoms. The Labute approximate surface area is 128 Å². The number of ether oxygens (including phenoxy) is 1. The average Bonchev–Trinajstić information content (AvgIpc) is 2.43. The number of aliphatic carboxylic acids is 1. The highest BCUT2D eigenvalue weighted by Gasteiger charge is 2.26. The highest BCUT2D eigenvalue weighted by molar-refractivity contribution is 6.01. The smallest absolute Gasteiger partial charge is 0.325 e. The van der Waals surface area contributed by atoms with Crippen LogP contribution in [0.25, 0.3) is 0 Å². The first kappa shape index (κ1) is 18.9. The Morgan fingerprint density at radius 1 is 1.29 bits per heavy atom. The molecule has 0 aromatic heterocycles. The van der Waals surface area contributed by atoms with Crippen molar-refractivity contribution in [3.05, 3.63) is 30.3 Å². The molecule has 0 fully saturated rings. The van der Waals surface area contributed by atoms with Gasteiger partial charge in [0.1, 0.15) is 6.54 Å². The molecule has 0 spiro atoms. The first-order valence-electron chi connectivity index (χ1n) is 5.86. The van der Waals surface area contributed by atoms with Gasteiger partial charge in [0.25, 0.3) is 0 Å². The normalized spacial score (nSPS) is 11.0. The van der Waals surface area contributed by atoms with Gasteiger partial charge >= 0.3 is 11.9 Å². The lowest BCUT2D eigenvalue weighted by Gasteiger charge is -2.24. The van der Waals surface area contributed by atoms with Crippen LogP contribution in [0.2, 0.25) is 0 Å². The number of nitrogens with zero attached hydrogens (tertiary/aromatic N) is 1. The summed E-state index contributed by atoms with van der Waals surface area (Å²) in [6.45, 7) is -0.327. The van der Waals surface area contributed by atoms with Crippen molar-refractivity contribution in [3.8, 4) is 0 Å². The van der Waals surface area contributed by atoms with Crippen LogP contribution in [-0.2, 0) is 19.1 Å². The van der Waals surface area contributed by atoms with E-state index >= 15 is 0 Å². The molecule has 116 valence electrons. The van der Waals surface area contributed by atoms with Gasteiger partial charge in [0.2, 0.25) is 5.91 Å². The van der Waals surface area contributed by atoms with E-state index in [0.29, 0.717) is 5.69 Å². The highest BCUT2D eigenvalue weighted by atomic mass is 35.5. The van der Waals surface area contributed by atoms with E-state index in [2.05, 4.69) is 4.74 Å². The number of rotatable bonds is 6. The largest absolute Gasteiger partial charge is 0.481 e. The standard InChI is InChI=1S/C13H16N2O5.ClH/c1-20-12(18)8-15(9-5-3-2-4-6-9)13(19)10(14)7-11(16)17;/h2-6,10H,7-8,14H2,1H3,(H,16,17);1H/t10-;/m0./s1. The van der Waals surface area contributed by atoms with E-state index in [9.17, 15) is 14.4 Å². The number of halogens is 1. The molecule has 3 N–H and O–H groups in total. The summed E-state index contributed by atoms with van der Waals surface area (Å²) in [6, 6.07) is 7.15. The molecule has 7 nitrogen and oxygen atoms in total. The zero-order valence-electron chi connectivity index (χ0n) is 11.4. The van der Waals surface area contributed by atoms with Crippen LogP contribution >= 0.6 is 12.4 Å². The third-order valence-electron chi connectivity index (χ3n) is 2.56. The van der Waals surface area contributed by atoms with Crippen LogP contribution in [0.5, 0.6) is 0 Å². The second kappa shape index (κ2) is 8.93. The van der Waals surface area contributed by atoms with Crippen LogP contribution < -0.4 is 10.6 Å². The van der Waals surface area contributed by atoms with E-state index in [-0.39, 0.29) is 19.0 Å². The molecule has 0 radical (unpaired) electrons. The second-order valence-electron chi connectivity index (χ2n) is 4.04. The zero-order chi connectivity index (χ0) is 15.1. The minimum atomic E-state index is -1.22. The number of carboxylic acids is 1. The number of carbonyl (C=O) groups is 3. The summed E-state index contributed by atoms with van der Waals surface area (Å²) in [5, 5.41) is 8.67. The molecule has 1 aromatic rings. The van der Waals surface area contributed by atoms with Crippen LogP contribution in [0.3, 0.4) is 0 Å². The fourth-order valence-corrected chi connectivity index (χ4v) is 1.57. The summed E-state index contributed by atoms with van der Waals surface area (Å²) in [5.74, 6) is -2.45. The van der Waals surface area contributed by atoms with E-state index < -0.39 is 30.3 Å². The Kier molecular flexibility index (Phi) is 8.03. The van der Waals surface area contributed by atoms with Crippen molar-refractivity contribution >= 4 is 35.9 Å². The molecule has 1 aromatic carbocycles. The summed E-state index contributed by atoms with van der Waals surface area (Å²) in [6.07, 6.45) is -0.511. The van der Waals surface area contributed by atoms with Gasteiger partial charge in [-0.15, -0.1) is 12.4 Å². The van der Waals surface area contributed by atoms with Crippen molar-refractivity contribution in [1.29, 1.82) is 0 Å². The molecule has 21 heavy (non-hydrogen) atoms. The van der Waals surface area contributed by atoms with E-state index in [0.717, 1.165) is 4.90 Å². The maximum atomic E-state index is 12.2. The molecule has 0 aliphatic carbocycles. The SMILES string of the molecule is COC(=O)CN(C(=O)[C@@H](N)CC(=O)O)c1ccccc1.Cl. The van der Waals surface area contributed by atoms with Crippen LogP contribution in [0.1, 0.15) is 6.42 Å². The Bertz CT molecular complexity index is 495. The number of hydrogen-bond acceptors (Lipinski definition) is 5. The van der Waals surface area contributed by atoms with Crippen molar-refractivity contribution in [3.63, 3.8) is 0 Å². The average molecular weight is 317 g/mol. The number of amides is 1. The van der Waals surface area contributed by atoms with Gasteiger partial charge in [-0.2, -0.15) is 0 Å². The summed E-state index contributed by atoms with van der Waals surface area (Å²) in [5.41, 5.74) is 6.00. The second-order valence-corrected chi connectivity index (χ2v) is 4.04. The van der Waals surface area contributed by atoms with E-state index in [1.165, 1.54) is 7.11 Å². The number of carbonyl (C=O) groups excluding carboxylic acids is 2. The number of carboxylic acid groups (broad SMARTS) is 1. The first-order chi connectivity index (χ1) is 9.45. The molecule has 1 atom stereocenters. The predicted octanol–water partition coefficient (Wildman–Crippen LogP) is 0.416. The van der Waals surface area contributed by atoms with Gasteiger partial charge in [-0.25, -0.2) is 0 Å². The number of methoxy groups -OCH3 is 1. The van der Waals surface area contributed by atoms with E-state index in [1.54, 1.807) is 30.3 Å². The van der Waals surface area contributed by atoms with Gasteiger partial charge in [-0.3, -0.25) is 19.3 Å². The fraction of sp³-hybridized carbons (Fsp3) is 0.308. The molecule has 1 rings (SSSR count). The molecule has 0 saturated heterocycles. The van der Waals surface area contributed by atoms with Crippen molar-refractivity contribution < 1.29 is 24.2 Å². The van der Waals surface area contributed by atoms with Crippen LogP contribution in [0.4, 0.5) is 5.69 Å². The number of nitrogens with two attached hydrogens (primary N) is 1. The number of para-hydroxylation sites is 1. The number of hydrogen-bond donors (Lipinski definition) is 2. The van der Waals surface area contributed by atoms with Crippen LogP contribution in [-0.4, -0.2) is 42.6 Å². The summed E-state index contributed by atoms with van der Waals surface area (Å²) in [4.78, 5) is 35.3. The van der Waals surface area contributed by atoms with E-state index in [4.69, 9.17) is 10.8 Å². The lowest BCUT2D eigenvalue weighted by atomic mass is 10.1. The molecule has 0 saturated carbocycles. The van der Waals surface area contributed by atoms with Gasteiger partial charge in [-0.05, 0) is 12.1 Å². The zero-order valence-corrected chi connectivity index (χ0v) is 12.2. The lowest BCUT2D eigenvalue weighted by Crippen LogP contribution is -2.47. The van der Waals surface area contributed by atoms with Crippen molar-refractivity contribution in [2.75, 3.05) is 18.6 Å². The van der Waals surface area contributed by atoms with Gasteiger partial charge in [-0.1, -0.05) is 18.2 Å². The Balaban J connectivity index is 0.00000400.